The Morgan fingerprint density at radius 1 is 0.575 bits per heavy atom. The minimum atomic E-state index is -6.96. The van der Waals surface area contributed by atoms with Crippen molar-refractivity contribution in [1.29, 1.82) is 0 Å². The van der Waals surface area contributed by atoms with Crippen LogP contribution in [0.3, 0.4) is 0 Å². The van der Waals surface area contributed by atoms with Crippen LogP contribution in [0.15, 0.2) is 24.3 Å². The lowest BCUT2D eigenvalue weighted by Gasteiger charge is -2.35. The first kappa shape index (κ1) is 36.8. The highest BCUT2D eigenvalue weighted by molar-refractivity contribution is 5.88. The molecule has 0 aromatic carbocycles. The molecular weight excluding hydrogens is 564 g/mol. The molecule has 0 unspecified atom stereocenters. The van der Waals surface area contributed by atoms with Gasteiger partial charge in [-0.05, 0) is 52.4 Å². The van der Waals surface area contributed by atoms with E-state index in [1.54, 1.807) is 0 Å². The van der Waals surface area contributed by atoms with Crippen LogP contribution in [0.25, 0.3) is 0 Å². The first-order valence-corrected chi connectivity index (χ1v) is 12.0. The second kappa shape index (κ2) is 15.6. The van der Waals surface area contributed by atoms with Crippen LogP contribution in [0.4, 0.5) is 35.1 Å². The van der Waals surface area contributed by atoms with E-state index in [4.69, 9.17) is 9.47 Å². The van der Waals surface area contributed by atoms with Crippen LogP contribution < -0.4 is 10.6 Å². The smallest absolute Gasteiger partial charge is 0.392 e. The second-order valence-corrected chi connectivity index (χ2v) is 8.76. The predicted octanol–water partition coefficient (Wildman–Crippen LogP) is 4.34. The van der Waals surface area contributed by atoms with Gasteiger partial charge in [0.1, 0.15) is 0 Å². The Bertz CT molecular complexity index is 866. The van der Waals surface area contributed by atoms with Crippen molar-refractivity contribution >= 4 is 23.8 Å². The topological polar surface area (TPSA) is 111 Å². The Kier molecular flexibility index (Phi) is 14.3. The molecule has 16 heteroatoms. The van der Waals surface area contributed by atoms with Gasteiger partial charge in [-0.1, -0.05) is 13.2 Å². The fourth-order valence-electron chi connectivity index (χ4n) is 2.69. The molecule has 0 rings (SSSR count). The summed E-state index contributed by atoms with van der Waals surface area (Å²) >= 11 is 0. The number of unbranched alkanes of at least 4 members (excludes halogenated alkanes) is 4. The van der Waals surface area contributed by atoms with Gasteiger partial charge in [-0.15, -0.1) is 0 Å². The van der Waals surface area contributed by atoms with E-state index in [0.29, 0.717) is 0 Å². The maximum atomic E-state index is 14.0. The van der Waals surface area contributed by atoms with Crippen molar-refractivity contribution in [2.45, 2.75) is 76.1 Å². The Labute approximate surface area is 225 Å². The SMILES string of the molecule is C=C(C)C(=O)OCCCCCNC(=O)C(F)(F)C(F)(F)C(F)(F)C(F)(F)C(=O)NCCCCCOC(=O)C(=C)C. The van der Waals surface area contributed by atoms with Crippen LogP contribution in [0, 0.1) is 0 Å². The summed E-state index contributed by atoms with van der Waals surface area (Å²) in [6.45, 7) is 7.78. The van der Waals surface area contributed by atoms with Gasteiger partial charge in [0.2, 0.25) is 0 Å². The van der Waals surface area contributed by atoms with Crippen LogP contribution >= 0.6 is 0 Å². The number of halogens is 8. The van der Waals surface area contributed by atoms with E-state index in [9.17, 15) is 54.3 Å². The van der Waals surface area contributed by atoms with Crippen molar-refractivity contribution in [3.8, 4) is 0 Å². The third-order valence-corrected chi connectivity index (χ3v) is 5.13. The van der Waals surface area contributed by atoms with Crippen LogP contribution in [0.1, 0.15) is 52.4 Å². The van der Waals surface area contributed by atoms with Crippen molar-refractivity contribution < 1.29 is 63.8 Å². The van der Waals surface area contributed by atoms with Crippen molar-refractivity contribution in [3.63, 3.8) is 0 Å². The molecule has 0 spiro atoms. The molecule has 0 aromatic heterocycles. The summed E-state index contributed by atoms with van der Waals surface area (Å²) in [7, 11) is 0. The number of nitrogens with one attached hydrogen (secondary N) is 2. The highest BCUT2D eigenvalue weighted by Gasteiger charge is 2.84. The third-order valence-electron chi connectivity index (χ3n) is 5.13. The molecule has 0 aliphatic rings. The number of alkyl halides is 8. The molecule has 0 heterocycles. The van der Waals surface area contributed by atoms with E-state index in [1.807, 2.05) is 0 Å². The van der Waals surface area contributed by atoms with Gasteiger partial charge in [0.15, 0.2) is 0 Å². The lowest BCUT2D eigenvalue weighted by molar-refractivity contribution is -0.347. The van der Waals surface area contributed by atoms with E-state index in [0.717, 1.165) is 0 Å². The van der Waals surface area contributed by atoms with E-state index >= 15 is 0 Å². The minimum Gasteiger partial charge on any atom is -0.462 e. The summed E-state index contributed by atoms with van der Waals surface area (Å²) in [5.41, 5.74) is 0.233. The molecule has 0 saturated carbocycles. The normalized spacial score (nSPS) is 12.3. The van der Waals surface area contributed by atoms with Crippen molar-refractivity contribution in [2.24, 2.45) is 0 Å². The number of ether oxygens (including phenoxy) is 2. The molecule has 0 saturated heterocycles. The molecule has 0 aromatic rings. The van der Waals surface area contributed by atoms with Gasteiger partial charge in [0.05, 0.1) is 13.2 Å². The summed E-state index contributed by atoms with van der Waals surface area (Å²) in [5.74, 6) is -33.9. The molecule has 0 radical (unpaired) electrons. The third kappa shape index (κ3) is 9.77. The number of carbonyl (C=O) groups is 4. The van der Waals surface area contributed by atoms with Crippen molar-refractivity contribution in [1.82, 2.24) is 10.6 Å². The number of hydrogen-bond acceptors (Lipinski definition) is 6. The van der Waals surface area contributed by atoms with E-state index in [-0.39, 0.29) is 62.9 Å². The van der Waals surface area contributed by atoms with Gasteiger partial charge < -0.3 is 20.1 Å². The molecule has 2 amide bonds. The fraction of sp³-hybridized carbons (Fsp3) is 0.667. The number of carbonyl (C=O) groups excluding carboxylic acids is 4. The molecule has 0 atom stereocenters. The van der Waals surface area contributed by atoms with E-state index in [1.165, 1.54) is 24.5 Å². The summed E-state index contributed by atoms with van der Waals surface area (Å²) < 4.78 is 122. The maximum Gasteiger partial charge on any atom is 0.392 e. The van der Waals surface area contributed by atoms with Gasteiger partial charge in [0, 0.05) is 24.2 Å². The summed E-state index contributed by atoms with van der Waals surface area (Å²) in [5, 5.41) is 2.53. The molecule has 230 valence electrons. The minimum absolute atomic E-state index is 0.109. The average molecular weight is 597 g/mol. The van der Waals surface area contributed by atoms with Crippen molar-refractivity contribution in [3.05, 3.63) is 24.3 Å². The number of amides is 2. The highest BCUT2D eigenvalue weighted by atomic mass is 19.4. The summed E-state index contributed by atoms with van der Waals surface area (Å²) in [4.78, 5) is 45.4. The van der Waals surface area contributed by atoms with Gasteiger partial charge in [-0.25, -0.2) is 9.59 Å². The van der Waals surface area contributed by atoms with Gasteiger partial charge in [-0.2, -0.15) is 35.1 Å². The second-order valence-electron chi connectivity index (χ2n) is 8.76. The Hall–Kier alpha value is -3.20. The van der Waals surface area contributed by atoms with Gasteiger partial charge >= 0.3 is 35.6 Å². The molecule has 0 fully saturated rings. The zero-order valence-corrected chi connectivity index (χ0v) is 22.0. The monoisotopic (exact) mass is 596 g/mol. The Morgan fingerprint density at radius 2 is 0.875 bits per heavy atom. The quantitative estimate of drug-likeness (QED) is 0.0994. The molecule has 2 N–H and O–H groups in total. The molecule has 0 aliphatic heterocycles. The Balaban J connectivity index is 4.87. The molecule has 0 aliphatic carbocycles. The number of rotatable bonds is 19. The van der Waals surface area contributed by atoms with Crippen LogP contribution in [-0.2, 0) is 28.7 Å². The lowest BCUT2D eigenvalue weighted by atomic mass is 9.97. The first-order valence-electron chi connectivity index (χ1n) is 12.0. The zero-order chi connectivity index (χ0) is 31.4. The molecule has 8 nitrogen and oxygen atoms in total. The molecule has 0 bridgehead atoms. The fourth-order valence-corrected chi connectivity index (χ4v) is 2.69. The van der Waals surface area contributed by atoms with Crippen LogP contribution in [0.5, 0.6) is 0 Å². The first-order chi connectivity index (χ1) is 18.2. The highest BCUT2D eigenvalue weighted by Crippen LogP contribution is 2.52. The van der Waals surface area contributed by atoms with Gasteiger partial charge in [0.25, 0.3) is 11.8 Å². The Morgan fingerprint density at radius 3 is 1.15 bits per heavy atom. The van der Waals surface area contributed by atoms with Crippen LogP contribution in [0.2, 0.25) is 0 Å². The zero-order valence-electron chi connectivity index (χ0n) is 22.0. The van der Waals surface area contributed by atoms with Crippen molar-refractivity contribution in [2.75, 3.05) is 26.3 Å². The number of hydrogen-bond donors (Lipinski definition) is 2. The number of esters is 2. The maximum absolute atomic E-state index is 14.0. The summed E-state index contributed by atoms with van der Waals surface area (Å²) in [6, 6.07) is 0. The van der Waals surface area contributed by atoms with Crippen LogP contribution in [-0.4, -0.2) is 73.7 Å². The average Bonchev–Trinajstić information content (AvgIpc) is 2.86. The molecular formula is C24H32F8N2O6. The largest absolute Gasteiger partial charge is 0.462 e. The van der Waals surface area contributed by atoms with Gasteiger partial charge in [-0.3, -0.25) is 9.59 Å². The lowest BCUT2D eigenvalue weighted by Crippen LogP contribution is -2.69. The molecule has 40 heavy (non-hydrogen) atoms. The summed E-state index contributed by atoms with van der Waals surface area (Å²) in [6.07, 6.45) is 0.318. The standard InChI is InChI=1S/C24H32F8N2O6/c1-15(2)17(35)39-13-9-5-7-11-33-19(37)21(25,26)23(29,30)24(31,32)22(27,28)20(38)34-12-8-6-10-14-40-18(36)16(3)4/h1,3,5-14H2,2,4H3,(H,33,37)(H,34,38). The predicted molar refractivity (Wildman–Crippen MR) is 125 cm³/mol. The van der Waals surface area contributed by atoms with E-state index in [2.05, 4.69) is 13.2 Å². The van der Waals surface area contributed by atoms with E-state index < -0.39 is 60.5 Å².